The molecule has 10 nitrogen and oxygen atoms in total. The molecule has 2 aromatic carbocycles. The van der Waals surface area contributed by atoms with Gasteiger partial charge in [0.25, 0.3) is 0 Å². The second-order valence-electron chi connectivity index (χ2n) is 8.81. The number of hydrogen-bond acceptors (Lipinski definition) is 7. The molecule has 3 N–H and O–H groups in total. The number of urea groups is 1. The van der Waals surface area contributed by atoms with Crippen molar-refractivity contribution in [3.05, 3.63) is 64.4 Å². The quantitative estimate of drug-likeness (QED) is 0.369. The standard InChI is InChI=1S/C27H36N4O6S/c1-7-31(8-2)38(34,35)19-12-13-23(36-6)21(15-19)28-16-22-24(26(32)37-9-3)25(30-27(33)29-22)20-14-17(4)10-11-18(20)5/h10-15,25,28H,7-9,16H2,1-6H3,(H2,29,30,33). The van der Waals surface area contributed by atoms with Gasteiger partial charge in [-0.15, -0.1) is 0 Å². The molecule has 0 saturated carbocycles. The van der Waals surface area contributed by atoms with Crippen molar-refractivity contribution < 1.29 is 27.5 Å². The Balaban J connectivity index is 2.06. The summed E-state index contributed by atoms with van der Waals surface area (Å²) < 4.78 is 38.3. The van der Waals surface area contributed by atoms with Gasteiger partial charge in [0, 0.05) is 13.1 Å². The zero-order valence-electron chi connectivity index (χ0n) is 22.7. The molecule has 2 amide bonds. The molecular weight excluding hydrogens is 508 g/mol. The van der Waals surface area contributed by atoms with Crippen molar-refractivity contribution in [2.75, 3.05) is 38.7 Å². The number of nitrogens with one attached hydrogen (secondary N) is 3. The number of nitrogens with zero attached hydrogens (tertiary/aromatic N) is 1. The molecule has 38 heavy (non-hydrogen) atoms. The normalized spacial score (nSPS) is 15.7. The van der Waals surface area contributed by atoms with Gasteiger partial charge < -0.3 is 25.4 Å². The highest BCUT2D eigenvalue weighted by Gasteiger charge is 2.34. The number of amides is 2. The van der Waals surface area contributed by atoms with Crippen molar-refractivity contribution in [3.8, 4) is 5.75 Å². The van der Waals surface area contributed by atoms with Crippen LogP contribution in [0.2, 0.25) is 0 Å². The Labute approximate surface area is 224 Å². The summed E-state index contributed by atoms with van der Waals surface area (Å²) in [6.45, 7) is 9.96. The monoisotopic (exact) mass is 544 g/mol. The van der Waals surface area contributed by atoms with Crippen molar-refractivity contribution in [2.24, 2.45) is 0 Å². The molecule has 1 aliphatic heterocycles. The van der Waals surface area contributed by atoms with Crippen LogP contribution in [0.25, 0.3) is 0 Å². The van der Waals surface area contributed by atoms with Crippen molar-refractivity contribution in [1.29, 1.82) is 0 Å². The number of anilines is 1. The lowest BCUT2D eigenvalue weighted by molar-refractivity contribution is -0.139. The fourth-order valence-electron chi connectivity index (χ4n) is 4.39. The average molecular weight is 545 g/mol. The van der Waals surface area contributed by atoms with Crippen LogP contribution in [-0.4, -0.2) is 58.1 Å². The highest BCUT2D eigenvalue weighted by Crippen LogP contribution is 2.32. The van der Waals surface area contributed by atoms with Gasteiger partial charge >= 0.3 is 12.0 Å². The molecule has 0 bridgehead atoms. The van der Waals surface area contributed by atoms with Crippen LogP contribution < -0.4 is 20.7 Å². The predicted octanol–water partition coefficient (Wildman–Crippen LogP) is 3.63. The number of hydrogen-bond donors (Lipinski definition) is 3. The number of rotatable bonds is 11. The Hall–Kier alpha value is -3.57. The first kappa shape index (κ1) is 29.0. The summed E-state index contributed by atoms with van der Waals surface area (Å²) in [4.78, 5) is 25.9. The van der Waals surface area contributed by atoms with Crippen molar-refractivity contribution >= 4 is 27.7 Å². The minimum Gasteiger partial charge on any atom is -0.495 e. The van der Waals surface area contributed by atoms with Gasteiger partial charge in [0.15, 0.2) is 0 Å². The minimum atomic E-state index is -3.71. The second-order valence-corrected chi connectivity index (χ2v) is 10.7. The fraction of sp³-hybridized carbons (Fsp3) is 0.407. The molecule has 1 heterocycles. The second kappa shape index (κ2) is 12.3. The molecule has 11 heteroatoms. The molecule has 0 saturated heterocycles. The lowest BCUT2D eigenvalue weighted by atomic mass is 9.91. The van der Waals surface area contributed by atoms with Gasteiger partial charge in [-0.05, 0) is 50.1 Å². The number of esters is 1. The number of ether oxygens (including phenoxy) is 2. The first-order chi connectivity index (χ1) is 18.1. The highest BCUT2D eigenvalue weighted by molar-refractivity contribution is 7.89. The van der Waals surface area contributed by atoms with E-state index in [1.54, 1.807) is 26.8 Å². The SMILES string of the molecule is CCOC(=O)C1=C(CNc2cc(S(=O)(=O)N(CC)CC)ccc2OC)NC(=O)NC1c1cc(C)ccc1C. The molecule has 1 atom stereocenters. The van der Waals surface area contributed by atoms with Gasteiger partial charge in [0.05, 0.1) is 48.2 Å². The topological polar surface area (TPSA) is 126 Å². The maximum absolute atomic E-state index is 13.1. The van der Waals surface area contributed by atoms with Crippen LogP contribution in [0.4, 0.5) is 10.5 Å². The molecule has 0 fully saturated rings. The highest BCUT2D eigenvalue weighted by atomic mass is 32.2. The van der Waals surface area contributed by atoms with Crippen LogP contribution in [0.3, 0.4) is 0 Å². The van der Waals surface area contributed by atoms with Crippen LogP contribution >= 0.6 is 0 Å². The first-order valence-corrected chi connectivity index (χ1v) is 14.0. The molecular formula is C27H36N4O6S. The fourth-order valence-corrected chi connectivity index (χ4v) is 5.88. The summed E-state index contributed by atoms with van der Waals surface area (Å²) in [6.07, 6.45) is 0. The van der Waals surface area contributed by atoms with E-state index in [0.717, 1.165) is 16.7 Å². The summed E-state index contributed by atoms with van der Waals surface area (Å²) in [5, 5.41) is 8.73. The van der Waals surface area contributed by atoms with E-state index in [-0.39, 0.29) is 23.6 Å². The lowest BCUT2D eigenvalue weighted by Crippen LogP contribution is -2.47. The molecule has 0 aliphatic carbocycles. The Morgan fingerprint density at radius 3 is 2.42 bits per heavy atom. The predicted molar refractivity (Wildman–Crippen MR) is 146 cm³/mol. The van der Waals surface area contributed by atoms with Crippen molar-refractivity contribution in [1.82, 2.24) is 14.9 Å². The van der Waals surface area contributed by atoms with E-state index in [9.17, 15) is 18.0 Å². The maximum atomic E-state index is 13.1. The third kappa shape index (κ3) is 6.11. The molecule has 3 rings (SSSR count). The number of sulfonamides is 1. The Bertz CT molecular complexity index is 1340. The van der Waals surface area contributed by atoms with Crippen LogP contribution in [0.15, 0.2) is 52.6 Å². The number of aryl methyl sites for hydroxylation is 2. The van der Waals surface area contributed by atoms with Crippen molar-refractivity contribution in [3.63, 3.8) is 0 Å². The van der Waals surface area contributed by atoms with Gasteiger partial charge in [0.2, 0.25) is 10.0 Å². The van der Waals surface area contributed by atoms with Crippen LogP contribution in [0.5, 0.6) is 5.75 Å². The van der Waals surface area contributed by atoms with Gasteiger partial charge in [0.1, 0.15) is 5.75 Å². The molecule has 0 radical (unpaired) electrons. The Morgan fingerprint density at radius 1 is 1.08 bits per heavy atom. The number of benzene rings is 2. The smallest absolute Gasteiger partial charge is 0.338 e. The summed E-state index contributed by atoms with van der Waals surface area (Å²) in [7, 11) is -2.24. The van der Waals surface area contributed by atoms with E-state index >= 15 is 0 Å². The molecule has 0 spiro atoms. The summed E-state index contributed by atoms with van der Waals surface area (Å²) in [5.41, 5.74) is 3.65. The van der Waals surface area contributed by atoms with E-state index in [0.29, 0.717) is 30.2 Å². The molecule has 206 valence electrons. The van der Waals surface area contributed by atoms with E-state index in [4.69, 9.17) is 9.47 Å². The Morgan fingerprint density at radius 2 is 1.79 bits per heavy atom. The van der Waals surface area contributed by atoms with Crippen LogP contribution in [-0.2, 0) is 19.6 Å². The lowest BCUT2D eigenvalue weighted by Gasteiger charge is -2.30. The molecule has 2 aromatic rings. The third-order valence-electron chi connectivity index (χ3n) is 6.36. The number of carbonyl (C=O) groups is 2. The number of methoxy groups -OCH3 is 1. The zero-order chi connectivity index (χ0) is 28.0. The van der Waals surface area contributed by atoms with Crippen molar-refractivity contribution in [2.45, 2.75) is 45.6 Å². The van der Waals surface area contributed by atoms with Gasteiger partial charge in [-0.25, -0.2) is 18.0 Å². The minimum absolute atomic E-state index is 0.00800. The molecule has 1 unspecified atom stereocenters. The molecule has 1 aliphatic rings. The van der Waals surface area contributed by atoms with Crippen LogP contribution in [0.1, 0.15) is 43.5 Å². The summed E-state index contributed by atoms with van der Waals surface area (Å²) in [6, 6.07) is 9.18. The van der Waals surface area contributed by atoms with E-state index in [1.807, 2.05) is 32.0 Å². The van der Waals surface area contributed by atoms with Gasteiger partial charge in [-0.1, -0.05) is 37.6 Å². The van der Waals surface area contributed by atoms with E-state index in [2.05, 4.69) is 16.0 Å². The zero-order valence-corrected chi connectivity index (χ0v) is 23.5. The average Bonchev–Trinajstić information content (AvgIpc) is 2.88. The third-order valence-corrected chi connectivity index (χ3v) is 8.41. The largest absolute Gasteiger partial charge is 0.495 e. The van der Waals surface area contributed by atoms with Gasteiger partial charge in [-0.3, -0.25) is 0 Å². The Kier molecular flexibility index (Phi) is 9.40. The summed E-state index contributed by atoms with van der Waals surface area (Å²) >= 11 is 0. The van der Waals surface area contributed by atoms with Gasteiger partial charge in [-0.2, -0.15) is 4.31 Å². The first-order valence-electron chi connectivity index (χ1n) is 12.5. The number of carbonyl (C=O) groups excluding carboxylic acids is 2. The summed E-state index contributed by atoms with van der Waals surface area (Å²) in [5.74, 6) is -0.152. The van der Waals surface area contributed by atoms with Crippen LogP contribution in [0, 0.1) is 13.8 Å². The van der Waals surface area contributed by atoms with E-state index < -0.39 is 28.1 Å². The van der Waals surface area contributed by atoms with E-state index in [1.165, 1.54) is 23.5 Å². The molecule has 0 aromatic heterocycles. The maximum Gasteiger partial charge on any atom is 0.338 e.